The van der Waals surface area contributed by atoms with Crippen LogP contribution in [0.1, 0.15) is 74.2 Å². The van der Waals surface area contributed by atoms with E-state index in [0.29, 0.717) is 17.8 Å². The van der Waals surface area contributed by atoms with E-state index in [4.69, 9.17) is 19.9 Å². The highest BCUT2D eigenvalue weighted by atomic mass is 33.1. The molecule has 0 bridgehead atoms. The molecule has 0 saturated carbocycles. The van der Waals surface area contributed by atoms with Gasteiger partial charge in [0.15, 0.2) is 11.9 Å². The summed E-state index contributed by atoms with van der Waals surface area (Å²) < 4.78 is 38.5. The lowest BCUT2D eigenvalue weighted by atomic mass is 10.1. The summed E-state index contributed by atoms with van der Waals surface area (Å²) in [7, 11) is 3.84. The van der Waals surface area contributed by atoms with Crippen LogP contribution in [0.15, 0.2) is 41.8 Å². The van der Waals surface area contributed by atoms with E-state index in [1.54, 1.807) is 13.4 Å². The molecule has 1 aliphatic heterocycles. The molecule has 1 aliphatic rings. The zero-order valence-electron chi connectivity index (χ0n) is 27.2. The predicted octanol–water partition coefficient (Wildman–Crippen LogP) is 7.60. The van der Waals surface area contributed by atoms with Gasteiger partial charge in [-0.15, -0.1) is 0 Å². The van der Waals surface area contributed by atoms with Gasteiger partial charge in [0.05, 0.1) is 24.7 Å². The largest absolute Gasteiger partial charge is 0.374 e. The number of aryl methyl sites for hydroxylation is 1. The molecule has 1 fully saturated rings. The highest BCUT2D eigenvalue weighted by Gasteiger charge is 2.48. The third-order valence-electron chi connectivity index (χ3n) is 6.76. The third-order valence-corrected chi connectivity index (χ3v) is 12.3. The smallest absolute Gasteiger partial charge is 0.259 e. The minimum absolute atomic E-state index is 0.0181. The molecular formula is C30H46N5O4PS2. The van der Waals surface area contributed by atoms with Gasteiger partial charge in [0, 0.05) is 30.2 Å². The highest BCUT2D eigenvalue weighted by Crippen LogP contribution is 2.51. The van der Waals surface area contributed by atoms with Gasteiger partial charge in [-0.3, -0.25) is 4.57 Å². The molecule has 0 aliphatic carbocycles. The zero-order chi connectivity index (χ0) is 31.3. The minimum atomic E-state index is -1.50. The van der Waals surface area contributed by atoms with Crippen molar-refractivity contribution in [2.24, 2.45) is 0 Å². The first-order chi connectivity index (χ1) is 20.4. The molecule has 5 atom stereocenters. The topological polar surface area (TPSA) is 83.8 Å². The van der Waals surface area contributed by atoms with E-state index in [-0.39, 0.29) is 23.7 Å². The standard InChI is InChI=1S/C30H46N5O4PS2/c1-19(2)35(20(3)4)40(37-16-15-23-13-11-12-14-24(23)41-42-30(7,8)9)39-26-22(6)38-29(27(26)36-10)34-18-33-25-21(5)31-17-32-28(25)34/h11-14,17-20,22,26-27,29H,15-16H2,1-10H3/i6D. The summed E-state index contributed by atoms with van der Waals surface area (Å²) >= 11 is 0. The third kappa shape index (κ3) is 8.04. The number of ether oxygens (including phenoxy) is 2. The van der Waals surface area contributed by atoms with Gasteiger partial charge in [0.2, 0.25) is 0 Å². The first-order valence-electron chi connectivity index (χ1n) is 15.1. The normalized spacial score (nSPS) is 22.5. The lowest BCUT2D eigenvalue weighted by Gasteiger charge is -2.38. The number of aromatic nitrogens is 4. The van der Waals surface area contributed by atoms with Gasteiger partial charge in [-0.25, -0.2) is 19.6 Å². The maximum Gasteiger partial charge on any atom is 0.259 e. The summed E-state index contributed by atoms with van der Waals surface area (Å²) in [5.41, 5.74) is 3.42. The molecule has 232 valence electrons. The summed E-state index contributed by atoms with van der Waals surface area (Å²) in [6.45, 7) is 17.7. The van der Waals surface area contributed by atoms with Crippen molar-refractivity contribution >= 4 is 41.3 Å². The van der Waals surface area contributed by atoms with E-state index in [9.17, 15) is 0 Å². The molecule has 4 rings (SSSR count). The fourth-order valence-corrected chi connectivity index (χ4v) is 8.92. The van der Waals surface area contributed by atoms with Crippen molar-refractivity contribution in [2.45, 2.75) is 115 Å². The Bertz CT molecular complexity index is 1320. The lowest BCUT2D eigenvalue weighted by Crippen LogP contribution is -2.39. The van der Waals surface area contributed by atoms with Gasteiger partial charge in [-0.2, -0.15) is 0 Å². The van der Waals surface area contributed by atoms with E-state index >= 15 is 0 Å². The fourth-order valence-electron chi connectivity index (χ4n) is 4.89. The van der Waals surface area contributed by atoms with Gasteiger partial charge in [-0.05, 0) is 59.6 Å². The Kier molecular flexibility index (Phi) is 11.2. The maximum absolute atomic E-state index is 8.32. The summed E-state index contributed by atoms with van der Waals surface area (Å²) in [6.07, 6.45) is 1.90. The number of hydrogen-bond donors (Lipinski definition) is 0. The monoisotopic (exact) mass is 636 g/mol. The van der Waals surface area contributed by atoms with Crippen molar-refractivity contribution < 1.29 is 19.9 Å². The molecule has 0 radical (unpaired) electrons. The Hall–Kier alpha value is -1.30. The Morgan fingerprint density at radius 3 is 2.52 bits per heavy atom. The molecule has 5 unspecified atom stereocenters. The summed E-state index contributed by atoms with van der Waals surface area (Å²) in [6, 6.07) is 8.89. The van der Waals surface area contributed by atoms with E-state index in [0.717, 1.165) is 12.1 Å². The first-order valence-corrected chi connectivity index (χ1v) is 17.7. The van der Waals surface area contributed by atoms with Crippen LogP contribution in [0.2, 0.25) is 0 Å². The van der Waals surface area contributed by atoms with E-state index in [2.05, 4.69) is 92.4 Å². The second kappa shape index (κ2) is 14.7. The van der Waals surface area contributed by atoms with Gasteiger partial charge >= 0.3 is 0 Å². The number of benzene rings is 1. The van der Waals surface area contributed by atoms with Crippen LogP contribution in [0.3, 0.4) is 0 Å². The van der Waals surface area contributed by atoms with Crippen molar-refractivity contribution in [2.75, 3.05) is 13.7 Å². The SMILES string of the molecule is [2H]CC1OC(n2cnc3c(C)ncnc32)C(OC)C1OP(OCCc1ccccc1SSC(C)(C)C)N(C(C)C)C(C)C. The molecule has 1 saturated heterocycles. The molecule has 3 heterocycles. The molecule has 0 amide bonds. The van der Waals surface area contributed by atoms with Crippen LogP contribution >= 0.6 is 30.1 Å². The van der Waals surface area contributed by atoms with Gasteiger partial charge < -0.3 is 18.5 Å². The van der Waals surface area contributed by atoms with Gasteiger partial charge in [-0.1, -0.05) is 60.6 Å². The molecule has 12 heteroatoms. The molecule has 42 heavy (non-hydrogen) atoms. The van der Waals surface area contributed by atoms with E-state index in [1.165, 1.54) is 16.8 Å². The molecular weight excluding hydrogens is 589 g/mol. The van der Waals surface area contributed by atoms with Crippen molar-refractivity contribution in [3.05, 3.63) is 48.2 Å². The molecule has 0 N–H and O–H groups in total. The second-order valence-electron chi connectivity index (χ2n) is 11.9. The number of methoxy groups -OCH3 is 1. The summed E-state index contributed by atoms with van der Waals surface area (Å²) in [4.78, 5) is 14.5. The molecule has 1 aromatic carbocycles. The van der Waals surface area contributed by atoms with Crippen LogP contribution in [-0.2, 0) is 24.9 Å². The Morgan fingerprint density at radius 1 is 1.12 bits per heavy atom. The van der Waals surface area contributed by atoms with Crippen molar-refractivity contribution in [3.8, 4) is 0 Å². The zero-order valence-corrected chi connectivity index (χ0v) is 28.7. The number of nitrogens with zero attached hydrogens (tertiary/aromatic N) is 5. The van der Waals surface area contributed by atoms with E-state index in [1.807, 2.05) is 33.1 Å². The number of hydrogen-bond acceptors (Lipinski definition) is 10. The maximum atomic E-state index is 8.32. The Morgan fingerprint density at radius 2 is 1.86 bits per heavy atom. The molecule has 2 aromatic heterocycles. The van der Waals surface area contributed by atoms with Crippen LogP contribution in [0.4, 0.5) is 0 Å². The molecule has 9 nitrogen and oxygen atoms in total. The van der Waals surface area contributed by atoms with Crippen molar-refractivity contribution in [1.82, 2.24) is 24.2 Å². The molecule has 3 aromatic rings. The van der Waals surface area contributed by atoms with Crippen LogP contribution in [0.5, 0.6) is 0 Å². The summed E-state index contributed by atoms with van der Waals surface area (Å²) in [5.74, 6) is 0. The Labute approximate surface area is 261 Å². The summed E-state index contributed by atoms with van der Waals surface area (Å²) in [5, 5.41) is 0. The first kappa shape index (κ1) is 32.1. The van der Waals surface area contributed by atoms with Crippen LogP contribution < -0.4 is 0 Å². The minimum Gasteiger partial charge on any atom is -0.374 e. The van der Waals surface area contributed by atoms with Gasteiger partial charge in [0.25, 0.3) is 8.53 Å². The molecule has 0 spiro atoms. The van der Waals surface area contributed by atoms with Crippen LogP contribution in [0.25, 0.3) is 11.2 Å². The number of rotatable bonds is 13. The van der Waals surface area contributed by atoms with Crippen molar-refractivity contribution in [1.29, 1.82) is 0 Å². The average molecular weight is 637 g/mol. The van der Waals surface area contributed by atoms with Crippen molar-refractivity contribution in [3.63, 3.8) is 0 Å². The predicted molar refractivity (Wildman–Crippen MR) is 174 cm³/mol. The highest BCUT2D eigenvalue weighted by molar-refractivity contribution is 8.77. The van der Waals surface area contributed by atoms with E-state index < -0.39 is 33.1 Å². The number of fused-ring (bicyclic) bond motifs is 1. The average Bonchev–Trinajstić information content (AvgIpc) is 3.53. The lowest BCUT2D eigenvalue weighted by molar-refractivity contribution is -0.0466. The second-order valence-corrected chi connectivity index (χ2v) is 16.3. The Balaban J connectivity index is 1.55. The fraction of sp³-hybridized carbons (Fsp3) is 0.633. The quantitative estimate of drug-likeness (QED) is 0.138. The van der Waals surface area contributed by atoms with Crippen LogP contribution in [0, 0.1) is 6.92 Å². The van der Waals surface area contributed by atoms with Crippen LogP contribution in [-0.4, -0.2) is 73.0 Å². The number of imidazole rings is 1. The van der Waals surface area contributed by atoms with Gasteiger partial charge in [0.1, 0.15) is 24.1 Å².